The molecule has 0 unspecified atom stereocenters. The number of nitrogens with zero attached hydrogens (tertiary/aromatic N) is 1. The molecule has 3 rings (SSSR count). The first kappa shape index (κ1) is 14.1. The van der Waals surface area contributed by atoms with Crippen molar-refractivity contribution in [2.75, 3.05) is 13.1 Å². The van der Waals surface area contributed by atoms with Crippen LogP contribution in [0.25, 0.3) is 0 Å². The fourth-order valence-corrected chi connectivity index (χ4v) is 3.55. The number of aliphatic carboxylic acids is 1. The Hall–Kier alpha value is -1.84. The normalized spacial score (nSPS) is 28.2. The molecule has 112 valence electrons. The Bertz CT molecular complexity index is 583. The molecule has 1 N–H and O–H groups in total. The Morgan fingerprint density at radius 1 is 1.33 bits per heavy atom. The monoisotopic (exact) mass is 287 g/mol. The number of amides is 1. The predicted molar refractivity (Wildman–Crippen MR) is 79.1 cm³/mol. The van der Waals surface area contributed by atoms with Crippen LogP contribution in [0.2, 0.25) is 0 Å². The highest BCUT2D eigenvalue weighted by Crippen LogP contribution is 2.36. The third kappa shape index (κ3) is 2.43. The number of carbonyl (C=O) groups excluding carboxylic acids is 1. The highest BCUT2D eigenvalue weighted by atomic mass is 16.4. The molecule has 0 saturated carbocycles. The van der Waals surface area contributed by atoms with Gasteiger partial charge in [0.2, 0.25) is 5.91 Å². The zero-order valence-electron chi connectivity index (χ0n) is 12.3. The molecular formula is C17H21NO3. The van der Waals surface area contributed by atoms with Crippen molar-refractivity contribution in [2.45, 2.75) is 38.5 Å². The van der Waals surface area contributed by atoms with Gasteiger partial charge in [-0.05, 0) is 43.7 Å². The first-order valence-electron chi connectivity index (χ1n) is 7.61. The largest absolute Gasteiger partial charge is 0.481 e. The van der Waals surface area contributed by atoms with Crippen LogP contribution in [0, 0.1) is 5.41 Å². The lowest BCUT2D eigenvalue weighted by atomic mass is 9.82. The van der Waals surface area contributed by atoms with E-state index in [4.69, 9.17) is 0 Å². The average Bonchev–Trinajstić information content (AvgIpc) is 2.90. The summed E-state index contributed by atoms with van der Waals surface area (Å²) in [5.41, 5.74) is 1.61. The van der Waals surface area contributed by atoms with E-state index in [1.807, 2.05) is 18.2 Å². The number of hydrogen-bond acceptors (Lipinski definition) is 2. The number of benzene rings is 1. The second kappa shape index (κ2) is 5.17. The van der Waals surface area contributed by atoms with Gasteiger partial charge in [-0.15, -0.1) is 0 Å². The Morgan fingerprint density at radius 3 is 2.81 bits per heavy atom. The second-order valence-electron chi connectivity index (χ2n) is 6.52. The fraction of sp³-hybridized carbons (Fsp3) is 0.529. The summed E-state index contributed by atoms with van der Waals surface area (Å²) in [4.78, 5) is 25.9. The zero-order valence-corrected chi connectivity index (χ0v) is 12.3. The van der Waals surface area contributed by atoms with Gasteiger partial charge >= 0.3 is 5.97 Å². The van der Waals surface area contributed by atoms with Crippen molar-refractivity contribution in [2.24, 2.45) is 5.41 Å². The van der Waals surface area contributed by atoms with Crippen LogP contribution in [0.4, 0.5) is 0 Å². The molecule has 1 heterocycles. The highest BCUT2D eigenvalue weighted by Gasteiger charge is 2.43. The highest BCUT2D eigenvalue weighted by molar-refractivity contribution is 5.86. The quantitative estimate of drug-likeness (QED) is 0.909. The lowest BCUT2D eigenvalue weighted by Gasteiger charge is -2.29. The standard InChI is InChI=1S/C17H21NO3/c1-17(16(20)21)9-10-18(11-17)15(19)14-8-4-6-12-5-2-3-7-13(12)14/h2-3,5,7,14H,4,6,8-11H2,1H3,(H,20,21)/t14-,17+/m0/s1. The van der Waals surface area contributed by atoms with Crippen LogP contribution in [-0.4, -0.2) is 35.0 Å². The summed E-state index contributed by atoms with van der Waals surface area (Å²) in [6, 6.07) is 8.14. The number of likely N-dealkylation sites (tertiary alicyclic amines) is 1. The molecule has 1 aromatic carbocycles. The Kier molecular flexibility index (Phi) is 3.47. The van der Waals surface area contributed by atoms with Gasteiger partial charge in [0.25, 0.3) is 0 Å². The molecule has 0 aromatic heterocycles. The Labute approximate surface area is 124 Å². The molecule has 1 saturated heterocycles. The molecule has 1 amide bonds. The molecule has 0 radical (unpaired) electrons. The van der Waals surface area contributed by atoms with Gasteiger partial charge in [0, 0.05) is 13.1 Å². The van der Waals surface area contributed by atoms with Gasteiger partial charge in [-0.3, -0.25) is 9.59 Å². The number of carbonyl (C=O) groups is 2. The number of rotatable bonds is 2. The molecule has 1 aliphatic heterocycles. The van der Waals surface area contributed by atoms with Crippen LogP contribution < -0.4 is 0 Å². The van der Waals surface area contributed by atoms with Gasteiger partial charge in [0.05, 0.1) is 11.3 Å². The summed E-state index contributed by atoms with van der Waals surface area (Å²) in [5, 5.41) is 9.30. The number of aryl methyl sites for hydroxylation is 1. The maximum Gasteiger partial charge on any atom is 0.311 e. The minimum atomic E-state index is -0.804. The molecule has 4 nitrogen and oxygen atoms in total. The first-order valence-corrected chi connectivity index (χ1v) is 7.61. The minimum Gasteiger partial charge on any atom is -0.481 e. The van der Waals surface area contributed by atoms with Crippen molar-refractivity contribution in [3.8, 4) is 0 Å². The van der Waals surface area contributed by atoms with E-state index in [1.54, 1.807) is 11.8 Å². The summed E-state index contributed by atoms with van der Waals surface area (Å²) >= 11 is 0. The fourth-order valence-electron chi connectivity index (χ4n) is 3.55. The molecule has 2 atom stereocenters. The molecule has 4 heteroatoms. The molecule has 0 spiro atoms. The van der Waals surface area contributed by atoms with E-state index >= 15 is 0 Å². The Morgan fingerprint density at radius 2 is 2.10 bits per heavy atom. The Balaban J connectivity index is 1.80. The maximum absolute atomic E-state index is 12.8. The summed E-state index contributed by atoms with van der Waals surface area (Å²) in [6.07, 6.45) is 3.48. The van der Waals surface area contributed by atoms with Crippen molar-refractivity contribution < 1.29 is 14.7 Å². The van der Waals surface area contributed by atoms with E-state index in [0.29, 0.717) is 19.5 Å². The van der Waals surface area contributed by atoms with Crippen molar-refractivity contribution in [1.82, 2.24) is 4.90 Å². The van der Waals surface area contributed by atoms with E-state index < -0.39 is 11.4 Å². The zero-order chi connectivity index (χ0) is 15.0. The lowest BCUT2D eigenvalue weighted by Crippen LogP contribution is -2.38. The van der Waals surface area contributed by atoms with Crippen molar-refractivity contribution in [3.05, 3.63) is 35.4 Å². The molecule has 1 fully saturated rings. The van der Waals surface area contributed by atoms with E-state index in [-0.39, 0.29) is 11.8 Å². The van der Waals surface area contributed by atoms with Crippen LogP contribution >= 0.6 is 0 Å². The third-order valence-electron chi connectivity index (χ3n) is 4.97. The maximum atomic E-state index is 12.8. The van der Waals surface area contributed by atoms with E-state index in [0.717, 1.165) is 24.8 Å². The number of fused-ring (bicyclic) bond motifs is 1. The van der Waals surface area contributed by atoms with Crippen LogP contribution in [0.3, 0.4) is 0 Å². The molecule has 1 aromatic rings. The van der Waals surface area contributed by atoms with Crippen LogP contribution in [0.5, 0.6) is 0 Å². The summed E-state index contributed by atoms with van der Waals surface area (Å²) in [6.45, 7) is 2.62. The van der Waals surface area contributed by atoms with Gasteiger partial charge in [0.1, 0.15) is 0 Å². The number of carboxylic acid groups (broad SMARTS) is 1. The summed E-state index contributed by atoms with van der Waals surface area (Å²) < 4.78 is 0. The SMILES string of the molecule is C[C@@]1(C(=O)O)CCN(C(=O)[C@H]2CCCc3ccccc32)C1. The molecule has 1 aliphatic carbocycles. The van der Waals surface area contributed by atoms with Crippen molar-refractivity contribution in [3.63, 3.8) is 0 Å². The summed E-state index contributed by atoms with van der Waals surface area (Å²) in [7, 11) is 0. The molecular weight excluding hydrogens is 266 g/mol. The van der Waals surface area contributed by atoms with Gasteiger partial charge in [0.15, 0.2) is 0 Å². The predicted octanol–water partition coefficient (Wildman–Crippen LogP) is 2.43. The van der Waals surface area contributed by atoms with Gasteiger partial charge < -0.3 is 10.0 Å². The lowest BCUT2D eigenvalue weighted by molar-refractivity contribution is -0.147. The first-order chi connectivity index (χ1) is 10.0. The van der Waals surface area contributed by atoms with E-state index in [9.17, 15) is 14.7 Å². The van der Waals surface area contributed by atoms with E-state index in [2.05, 4.69) is 6.07 Å². The molecule has 2 aliphatic rings. The number of carboxylic acids is 1. The van der Waals surface area contributed by atoms with Crippen LogP contribution in [0.1, 0.15) is 43.2 Å². The summed E-state index contributed by atoms with van der Waals surface area (Å²) in [5.74, 6) is -0.792. The average molecular weight is 287 g/mol. The topological polar surface area (TPSA) is 57.6 Å². The van der Waals surface area contributed by atoms with Crippen LogP contribution in [0.15, 0.2) is 24.3 Å². The minimum absolute atomic E-state index is 0.0916. The van der Waals surface area contributed by atoms with Crippen LogP contribution in [-0.2, 0) is 16.0 Å². The molecule has 0 bridgehead atoms. The molecule has 21 heavy (non-hydrogen) atoms. The van der Waals surface area contributed by atoms with Gasteiger partial charge in [-0.25, -0.2) is 0 Å². The van der Waals surface area contributed by atoms with E-state index in [1.165, 1.54) is 5.56 Å². The van der Waals surface area contributed by atoms with Gasteiger partial charge in [-0.1, -0.05) is 24.3 Å². The van der Waals surface area contributed by atoms with Crippen molar-refractivity contribution >= 4 is 11.9 Å². The third-order valence-corrected chi connectivity index (χ3v) is 4.97. The van der Waals surface area contributed by atoms with Crippen molar-refractivity contribution in [1.29, 1.82) is 0 Å². The van der Waals surface area contributed by atoms with Gasteiger partial charge in [-0.2, -0.15) is 0 Å². The number of hydrogen-bond donors (Lipinski definition) is 1. The smallest absolute Gasteiger partial charge is 0.311 e. The second-order valence-corrected chi connectivity index (χ2v) is 6.52.